The maximum absolute atomic E-state index is 4.72. The average molecular weight is 487 g/mol. The molecule has 1 heterocycles. The van der Waals surface area contributed by atoms with Gasteiger partial charge in [-0.1, -0.05) is 36.4 Å². The summed E-state index contributed by atoms with van der Waals surface area (Å²) in [5.41, 5.74) is 12.4. The van der Waals surface area contributed by atoms with Gasteiger partial charge in [0.05, 0.1) is 34.2 Å². The normalized spacial score (nSPS) is 10.8. The molecule has 1 radical (unpaired) electrons. The van der Waals surface area contributed by atoms with Crippen molar-refractivity contribution in [2.75, 3.05) is 10.9 Å². The average Bonchev–Trinajstić information content (AvgIpc) is 2.71. The fourth-order valence-electron chi connectivity index (χ4n) is 2.47. The molecule has 0 aliphatic rings. The van der Waals surface area contributed by atoms with E-state index < -0.39 is 0 Å². The van der Waals surface area contributed by atoms with Gasteiger partial charge in [-0.15, -0.1) is 0 Å². The molecule has 2 N–H and O–H groups in total. The quantitative estimate of drug-likeness (QED) is 0.349. The number of anilines is 2. The molecule has 2 aromatic carbocycles. The van der Waals surface area contributed by atoms with Gasteiger partial charge in [-0.05, 0) is 62.7 Å². The van der Waals surface area contributed by atoms with Crippen LogP contribution in [0.2, 0.25) is 0 Å². The zero-order valence-corrected chi connectivity index (χ0v) is 19.4. The summed E-state index contributed by atoms with van der Waals surface area (Å²) in [5.74, 6) is 0. The Balaban J connectivity index is 0.00000280. The number of rotatable bonds is 6. The number of halogens is 2. The van der Waals surface area contributed by atoms with Crippen molar-refractivity contribution in [1.82, 2.24) is 4.98 Å². The maximum atomic E-state index is 4.72. The van der Waals surface area contributed by atoms with E-state index in [4.69, 9.17) is 4.98 Å². The van der Waals surface area contributed by atoms with Crippen molar-refractivity contribution in [2.45, 2.75) is 20.8 Å². The van der Waals surface area contributed by atoms with Crippen LogP contribution in [0.5, 0.6) is 0 Å². The molecule has 30 heavy (non-hydrogen) atoms. The molecule has 0 aliphatic heterocycles. The molecule has 3 aromatic rings. The molecule has 0 spiro atoms. The van der Waals surface area contributed by atoms with Gasteiger partial charge < -0.3 is 24.8 Å². The summed E-state index contributed by atoms with van der Waals surface area (Å²) in [4.78, 5) is 4.72. The number of para-hydroxylation sites is 2. The fourth-order valence-corrected chi connectivity index (χ4v) is 2.47. The fraction of sp³-hybridized carbons (Fsp3) is 0.136. The number of aromatic nitrogens is 1. The van der Waals surface area contributed by atoms with Gasteiger partial charge in [0.2, 0.25) is 0 Å². The molecule has 0 saturated carbocycles. The number of hydrogen-bond acceptors (Lipinski definition) is 5. The number of hydrogen-bond donors (Lipinski definition) is 2. The van der Waals surface area contributed by atoms with Crippen LogP contribution in [-0.4, -0.2) is 16.4 Å². The minimum atomic E-state index is 0. The summed E-state index contributed by atoms with van der Waals surface area (Å²) >= 11 is 0. The predicted molar refractivity (Wildman–Crippen MR) is 114 cm³/mol. The van der Waals surface area contributed by atoms with E-state index in [-0.39, 0.29) is 41.6 Å². The van der Waals surface area contributed by atoms with Crippen LogP contribution in [-0.2, 0) is 16.8 Å². The smallest absolute Gasteiger partial charge is 1.00 e. The number of aryl methyl sites for hydroxylation is 1. The van der Waals surface area contributed by atoms with Gasteiger partial charge in [-0.2, -0.15) is 10.2 Å². The molecule has 1 aromatic heterocycles. The summed E-state index contributed by atoms with van der Waals surface area (Å²) in [5, 5.41) is 8.90. The second-order valence-electron chi connectivity index (χ2n) is 6.27. The third-order valence-electron chi connectivity index (χ3n) is 3.96. The molecule has 159 valence electrons. The van der Waals surface area contributed by atoms with E-state index >= 15 is 0 Å². The summed E-state index contributed by atoms with van der Waals surface area (Å²) in [6.07, 6.45) is 0. The van der Waals surface area contributed by atoms with Gasteiger partial charge in [-0.25, -0.2) is 4.98 Å². The Hall–Kier alpha value is -2.38. The maximum Gasteiger partial charge on any atom is 2.00 e. The van der Waals surface area contributed by atoms with Gasteiger partial charge >= 0.3 is 16.8 Å². The molecule has 0 fully saturated rings. The predicted octanol–water partition coefficient (Wildman–Crippen LogP) is -0.932. The van der Waals surface area contributed by atoms with Crippen molar-refractivity contribution >= 4 is 22.8 Å². The second kappa shape index (κ2) is 13.8. The Labute approximate surface area is 200 Å². The molecule has 0 aliphatic carbocycles. The van der Waals surface area contributed by atoms with E-state index in [9.17, 15) is 0 Å². The monoisotopic (exact) mass is 486 g/mol. The first-order chi connectivity index (χ1) is 13.1. The van der Waals surface area contributed by atoms with Crippen molar-refractivity contribution in [2.24, 2.45) is 10.2 Å². The summed E-state index contributed by atoms with van der Waals surface area (Å²) in [6.45, 7) is 5.93. The van der Waals surface area contributed by atoms with E-state index in [0.29, 0.717) is 0 Å². The first-order valence-corrected chi connectivity index (χ1v) is 8.82. The second-order valence-corrected chi connectivity index (χ2v) is 6.27. The van der Waals surface area contributed by atoms with Crippen molar-refractivity contribution in [1.29, 1.82) is 0 Å². The molecular weight excluding hydrogens is 464 g/mol. The van der Waals surface area contributed by atoms with Crippen LogP contribution in [0.4, 0.5) is 11.4 Å². The minimum Gasteiger partial charge on any atom is -1.00 e. The van der Waals surface area contributed by atoms with Crippen molar-refractivity contribution in [3.05, 3.63) is 89.7 Å². The van der Waals surface area contributed by atoms with Crippen LogP contribution < -0.4 is 35.7 Å². The zero-order valence-electron chi connectivity index (χ0n) is 16.9. The van der Waals surface area contributed by atoms with E-state index in [2.05, 4.69) is 21.1 Å². The van der Waals surface area contributed by atoms with E-state index in [0.717, 1.165) is 39.7 Å². The van der Waals surface area contributed by atoms with Crippen LogP contribution in [0.1, 0.15) is 30.8 Å². The number of nitrogens with one attached hydrogen (secondary N) is 2. The molecule has 0 atom stereocenters. The molecule has 0 unspecified atom stereocenters. The third kappa shape index (κ3) is 8.16. The summed E-state index contributed by atoms with van der Waals surface area (Å²) < 4.78 is 0. The molecule has 5 nitrogen and oxygen atoms in total. The molecule has 8 heteroatoms. The largest absolute Gasteiger partial charge is 2.00 e. The van der Waals surface area contributed by atoms with Crippen LogP contribution in [0.25, 0.3) is 0 Å². The molecular formula is C22H23Cl2CoN5. The zero-order chi connectivity index (χ0) is 19.1. The van der Waals surface area contributed by atoms with Crippen LogP contribution >= 0.6 is 0 Å². The minimum absolute atomic E-state index is 0. The molecule has 0 bridgehead atoms. The SMILES string of the molecule is CC(=NNc1ccccc1)c1cc(C)cc(C(C)=NNc2ccccc2)n1.[Cl-].[Cl-].[Co+2]. The number of nitrogens with zero attached hydrogens (tertiary/aromatic N) is 3. The first kappa shape index (κ1) is 27.6. The third-order valence-corrected chi connectivity index (χ3v) is 3.96. The van der Waals surface area contributed by atoms with E-state index in [1.165, 1.54) is 0 Å². The van der Waals surface area contributed by atoms with Gasteiger partial charge in [0.25, 0.3) is 0 Å². The topological polar surface area (TPSA) is 61.7 Å². The molecule has 0 saturated heterocycles. The van der Waals surface area contributed by atoms with Crippen LogP contribution in [0.15, 0.2) is 83.0 Å². The van der Waals surface area contributed by atoms with Gasteiger partial charge in [0, 0.05) is 0 Å². The van der Waals surface area contributed by atoms with Crippen molar-refractivity contribution in [3.63, 3.8) is 0 Å². The number of hydrazone groups is 2. The van der Waals surface area contributed by atoms with Crippen molar-refractivity contribution < 1.29 is 41.6 Å². The first-order valence-electron chi connectivity index (χ1n) is 8.82. The number of benzene rings is 2. The van der Waals surface area contributed by atoms with Crippen molar-refractivity contribution in [3.8, 4) is 0 Å². The van der Waals surface area contributed by atoms with Gasteiger partial charge in [0.15, 0.2) is 0 Å². The van der Waals surface area contributed by atoms with Gasteiger partial charge in [0.1, 0.15) is 0 Å². The number of pyridine rings is 1. The van der Waals surface area contributed by atoms with Crippen LogP contribution in [0, 0.1) is 6.92 Å². The van der Waals surface area contributed by atoms with Crippen LogP contribution in [0.3, 0.4) is 0 Å². The standard InChI is InChI=1S/C22H23N5.2ClH.Co/c1-16-14-21(17(2)24-26-19-10-6-4-7-11-19)23-22(15-16)18(3)25-27-20-12-8-5-9-13-20;;;/h4-15,26-27H,1-3H3;2*1H;/q;;;+2/p-2. The Morgan fingerprint density at radius 1 is 0.700 bits per heavy atom. The summed E-state index contributed by atoms with van der Waals surface area (Å²) in [6, 6.07) is 23.7. The summed E-state index contributed by atoms with van der Waals surface area (Å²) in [7, 11) is 0. The Morgan fingerprint density at radius 2 is 1.07 bits per heavy atom. The molecule has 3 rings (SSSR count). The Kier molecular flexibility index (Phi) is 12.7. The molecule has 0 amide bonds. The Bertz CT molecular complexity index is 888. The van der Waals surface area contributed by atoms with Gasteiger partial charge in [-0.3, -0.25) is 10.9 Å². The van der Waals surface area contributed by atoms with E-state index in [1.54, 1.807) is 0 Å². The Morgan fingerprint density at radius 3 is 1.43 bits per heavy atom. The van der Waals surface area contributed by atoms with E-state index in [1.807, 2.05) is 93.6 Å².